The number of ether oxygens (including phenoxy) is 1. The van der Waals surface area contributed by atoms with Crippen LogP contribution in [0.15, 0.2) is 0 Å². The Kier molecular flexibility index (Phi) is 4.01. The molecule has 2 rings (SSSR count). The number of aliphatic carboxylic acids is 1. The number of hydrogen-bond acceptors (Lipinski definition) is 4. The highest BCUT2D eigenvalue weighted by Crippen LogP contribution is 2.30. The lowest BCUT2D eigenvalue weighted by Gasteiger charge is -2.52. The number of piperidine rings is 1. The second kappa shape index (κ2) is 5.33. The molecule has 2 aliphatic heterocycles. The fourth-order valence-corrected chi connectivity index (χ4v) is 3.02. The van der Waals surface area contributed by atoms with Crippen LogP contribution in [0.1, 0.15) is 19.3 Å². The molecule has 0 aromatic rings. The average Bonchev–Trinajstić information content (AvgIpc) is 2.24. The number of carbonyl (C=O) groups is 1. The number of carboxylic acid groups (broad SMARTS) is 1. The Bertz CT molecular complexity index is 277. The maximum Gasteiger partial charge on any atom is 0.305 e. The van der Waals surface area contributed by atoms with E-state index in [1.165, 1.54) is 6.42 Å². The molecule has 2 heterocycles. The van der Waals surface area contributed by atoms with Crippen molar-refractivity contribution in [1.82, 2.24) is 10.2 Å². The second-order valence-electron chi connectivity index (χ2n) is 5.31. The second-order valence-corrected chi connectivity index (χ2v) is 5.31. The van der Waals surface area contributed by atoms with E-state index >= 15 is 0 Å². The largest absolute Gasteiger partial charge is 0.481 e. The van der Waals surface area contributed by atoms with Gasteiger partial charge in [0.05, 0.1) is 18.6 Å². The summed E-state index contributed by atoms with van der Waals surface area (Å²) in [5.74, 6) is -0.139. The zero-order valence-electron chi connectivity index (χ0n) is 10.4. The van der Waals surface area contributed by atoms with E-state index in [-0.39, 0.29) is 12.0 Å². The first-order valence-corrected chi connectivity index (χ1v) is 6.33. The van der Waals surface area contributed by atoms with Crippen molar-refractivity contribution in [2.75, 3.05) is 39.9 Å². The summed E-state index contributed by atoms with van der Waals surface area (Å²) in [6.45, 7) is 4.39. The molecule has 5 heteroatoms. The van der Waals surface area contributed by atoms with E-state index in [0.717, 1.165) is 39.2 Å². The molecule has 2 N–H and O–H groups in total. The normalized spacial score (nSPS) is 28.6. The molecule has 98 valence electrons. The molecule has 17 heavy (non-hydrogen) atoms. The summed E-state index contributed by atoms with van der Waals surface area (Å²) in [6, 6.07) is 0. The van der Waals surface area contributed by atoms with Crippen LogP contribution in [0.4, 0.5) is 0 Å². The molecule has 0 amide bonds. The molecule has 2 aliphatic rings. The minimum absolute atomic E-state index is 0.141. The fraction of sp³-hybridized carbons (Fsp3) is 0.917. The van der Waals surface area contributed by atoms with E-state index in [1.807, 2.05) is 0 Å². The zero-order chi connectivity index (χ0) is 12.3. The first-order chi connectivity index (χ1) is 8.16. The predicted octanol–water partition coefficient (Wildman–Crippen LogP) is 0.162. The number of carboxylic acids is 1. The molecule has 1 atom stereocenters. The van der Waals surface area contributed by atoms with Crippen molar-refractivity contribution >= 4 is 5.97 Å². The smallest absolute Gasteiger partial charge is 0.305 e. The first-order valence-electron chi connectivity index (χ1n) is 6.33. The van der Waals surface area contributed by atoms with Gasteiger partial charge >= 0.3 is 5.97 Å². The van der Waals surface area contributed by atoms with Gasteiger partial charge in [0.2, 0.25) is 0 Å². The van der Waals surface area contributed by atoms with Crippen molar-refractivity contribution < 1.29 is 14.6 Å². The number of nitrogens with one attached hydrogen (secondary N) is 1. The third-order valence-electron chi connectivity index (χ3n) is 3.98. The first kappa shape index (κ1) is 12.8. The number of nitrogens with zero attached hydrogens (tertiary/aromatic N) is 1. The highest BCUT2D eigenvalue weighted by Gasteiger charge is 2.45. The molecular weight excluding hydrogens is 220 g/mol. The van der Waals surface area contributed by atoms with Gasteiger partial charge in [-0.15, -0.1) is 0 Å². The maximum atomic E-state index is 11.0. The summed E-state index contributed by atoms with van der Waals surface area (Å²) >= 11 is 0. The van der Waals surface area contributed by atoms with Gasteiger partial charge in [-0.05, 0) is 25.3 Å². The summed E-state index contributed by atoms with van der Waals surface area (Å²) < 4.78 is 5.22. The van der Waals surface area contributed by atoms with Crippen molar-refractivity contribution in [3.8, 4) is 0 Å². The Morgan fingerprint density at radius 3 is 2.88 bits per heavy atom. The van der Waals surface area contributed by atoms with Crippen LogP contribution in [0.25, 0.3) is 0 Å². The van der Waals surface area contributed by atoms with E-state index in [2.05, 4.69) is 10.2 Å². The molecule has 0 aromatic carbocycles. The Balaban J connectivity index is 1.96. The molecular formula is C12H22N2O3. The summed E-state index contributed by atoms with van der Waals surface area (Å²) in [7, 11) is 1.73. The van der Waals surface area contributed by atoms with Crippen molar-refractivity contribution in [2.45, 2.75) is 24.8 Å². The van der Waals surface area contributed by atoms with Gasteiger partial charge in [-0.25, -0.2) is 0 Å². The van der Waals surface area contributed by atoms with E-state index < -0.39 is 5.97 Å². The molecule has 0 bridgehead atoms. The van der Waals surface area contributed by atoms with Crippen LogP contribution >= 0.6 is 0 Å². The lowest BCUT2D eigenvalue weighted by atomic mass is 9.83. The van der Waals surface area contributed by atoms with Gasteiger partial charge in [0.1, 0.15) is 0 Å². The standard InChI is InChI=1S/C12H22N2O3/c1-17-7-10-3-2-4-14(6-10)12(5-11(15)16)8-13-9-12/h10,13H,2-9H2,1H3,(H,15,16). The summed E-state index contributed by atoms with van der Waals surface area (Å²) in [5.41, 5.74) is -0.141. The quantitative estimate of drug-likeness (QED) is 0.719. The third kappa shape index (κ3) is 2.78. The van der Waals surface area contributed by atoms with Crippen LogP contribution in [0, 0.1) is 5.92 Å². The van der Waals surface area contributed by atoms with Crippen LogP contribution in [-0.2, 0) is 9.53 Å². The Morgan fingerprint density at radius 2 is 2.35 bits per heavy atom. The molecule has 0 radical (unpaired) electrons. The molecule has 0 aromatic heterocycles. The van der Waals surface area contributed by atoms with Crippen LogP contribution in [0.2, 0.25) is 0 Å². The zero-order valence-corrected chi connectivity index (χ0v) is 10.4. The summed E-state index contributed by atoms with van der Waals surface area (Å²) in [6.07, 6.45) is 2.59. The highest BCUT2D eigenvalue weighted by molar-refractivity contribution is 5.68. The van der Waals surface area contributed by atoms with Gasteiger partial charge in [0, 0.05) is 26.7 Å². The van der Waals surface area contributed by atoms with Gasteiger partial charge in [0.25, 0.3) is 0 Å². The van der Waals surface area contributed by atoms with Crippen LogP contribution < -0.4 is 5.32 Å². The van der Waals surface area contributed by atoms with E-state index in [9.17, 15) is 4.79 Å². The lowest BCUT2D eigenvalue weighted by molar-refractivity contribution is -0.142. The van der Waals surface area contributed by atoms with Gasteiger partial charge in [-0.1, -0.05) is 0 Å². The van der Waals surface area contributed by atoms with Gasteiger partial charge in [-0.2, -0.15) is 0 Å². The molecule has 5 nitrogen and oxygen atoms in total. The number of methoxy groups -OCH3 is 1. The Labute approximate surface area is 102 Å². The summed E-state index contributed by atoms with van der Waals surface area (Å²) in [4.78, 5) is 13.3. The minimum atomic E-state index is -0.694. The maximum absolute atomic E-state index is 11.0. The predicted molar refractivity (Wildman–Crippen MR) is 64.0 cm³/mol. The third-order valence-corrected chi connectivity index (χ3v) is 3.98. The molecule has 0 spiro atoms. The topological polar surface area (TPSA) is 61.8 Å². The molecule has 2 saturated heterocycles. The van der Waals surface area contributed by atoms with Crippen molar-refractivity contribution in [2.24, 2.45) is 5.92 Å². The monoisotopic (exact) mass is 242 g/mol. The molecule has 0 saturated carbocycles. The van der Waals surface area contributed by atoms with Crippen LogP contribution in [-0.4, -0.2) is 61.4 Å². The van der Waals surface area contributed by atoms with E-state index in [0.29, 0.717) is 5.92 Å². The number of likely N-dealkylation sites (tertiary alicyclic amines) is 1. The van der Waals surface area contributed by atoms with Crippen LogP contribution in [0.3, 0.4) is 0 Å². The Morgan fingerprint density at radius 1 is 1.59 bits per heavy atom. The summed E-state index contributed by atoms with van der Waals surface area (Å²) in [5, 5.41) is 12.3. The van der Waals surface area contributed by atoms with Crippen molar-refractivity contribution in [3.05, 3.63) is 0 Å². The lowest BCUT2D eigenvalue weighted by Crippen LogP contribution is -2.71. The average molecular weight is 242 g/mol. The highest BCUT2D eigenvalue weighted by atomic mass is 16.5. The minimum Gasteiger partial charge on any atom is -0.481 e. The Hall–Kier alpha value is -0.650. The van der Waals surface area contributed by atoms with Crippen molar-refractivity contribution in [3.63, 3.8) is 0 Å². The van der Waals surface area contributed by atoms with E-state index in [4.69, 9.17) is 9.84 Å². The molecule has 2 fully saturated rings. The molecule has 0 aliphatic carbocycles. The van der Waals surface area contributed by atoms with Gasteiger partial charge in [-0.3, -0.25) is 9.69 Å². The van der Waals surface area contributed by atoms with Crippen molar-refractivity contribution in [1.29, 1.82) is 0 Å². The van der Waals surface area contributed by atoms with Gasteiger partial charge in [0.15, 0.2) is 0 Å². The van der Waals surface area contributed by atoms with Gasteiger partial charge < -0.3 is 15.2 Å². The van der Waals surface area contributed by atoms with Crippen LogP contribution in [0.5, 0.6) is 0 Å². The number of hydrogen-bond donors (Lipinski definition) is 2. The fourth-order valence-electron chi connectivity index (χ4n) is 3.02. The molecule has 1 unspecified atom stereocenters. The number of rotatable bonds is 5. The van der Waals surface area contributed by atoms with E-state index in [1.54, 1.807) is 7.11 Å². The SMILES string of the molecule is COCC1CCCN(C2(CC(=O)O)CNC2)C1.